The summed E-state index contributed by atoms with van der Waals surface area (Å²) < 4.78 is 5.43. The van der Waals surface area contributed by atoms with Crippen molar-refractivity contribution in [2.75, 3.05) is 19.5 Å². The molecule has 144 valence electrons. The van der Waals surface area contributed by atoms with E-state index in [0.717, 1.165) is 28.3 Å². The summed E-state index contributed by atoms with van der Waals surface area (Å²) in [6.07, 6.45) is 4.80. The second-order valence-electron chi connectivity index (χ2n) is 6.49. The summed E-state index contributed by atoms with van der Waals surface area (Å²) in [4.78, 5) is 27.2. The van der Waals surface area contributed by atoms with E-state index in [1.807, 2.05) is 44.2 Å². The minimum absolute atomic E-state index is 0.174. The van der Waals surface area contributed by atoms with E-state index in [9.17, 15) is 4.79 Å². The van der Waals surface area contributed by atoms with Gasteiger partial charge < -0.3 is 15.0 Å². The molecule has 0 fully saturated rings. The monoisotopic (exact) mass is 377 g/mol. The summed E-state index contributed by atoms with van der Waals surface area (Å²) in [7, 11) is 3.36. The maximum absolute atomic E-state index is 12.7. The third-order valence-electron chi connectivity index (χ3n) is 4.41. The van der Waals surface area contributed by atoms with Gasteiger partial charge in [-0.25, -0.2) is 9.97 Å². The normalized spacial score (nSPS) is 10.4. The van der Waals surface area contributed by atoms with Crippen LogP contribution in [0.3, 0.4) is 0 Å². The van der Waals surface area contributed by atoms with Crippen molar-refractivity contribution in [1.29, 1.82) is 0 Å². The number of nitrogens with zero attached hydrogens (tertiary/aromatic N) is 4. The van der Waals surface area contributed by atoms with E-state index in [2.05, 4.69) is 20.3 Å². The quantitative estimate of drug-likeness (QED) is 0.708. The molecule has 0 aliphatic rings. The molecule has 0 aliphatic carbocycles. The van der Waals surface area contributed by atoms with Crippen LogP contribution in [0.15, 0.2) is 48.9 Å². The Morgan fingerprint density at radius 1 is 1.07 bits per heavy atom. The number of rotatable bonds is 6. The largest absolute Gasteiger partial charge is 0.496 e. The van der Waals surface area contributed by atoms with Crippen LogP contribution in [-0.4, -0.2) is 39.9 Å². The molecule has 0 aliphatic heterocycles. The molecule has 3 aromatic rings. The highest BCUT2D eigenvalue weighted by molar-refractivity contribution is 5.93. The van der Waals surface area contributed by atoms with Crippen molar-refractivity contribution >= 4 is 17.5 Å². The fourth-order valence-corrected chi connectivity index (χ4v) is 2.90. The Balaban J connectivity index is 1.70. The minimum atomic E-state index is -0.174. The third-order valence-corrected chi connectivity index (χ3v) is 4.41. The smallest absolute Gasteiger partial charge is 0.257 e. The molecule has 0 saturated carbocycles. The zero-order valence-electron chi connectivity index (χ0n) is 16.4. The van der Waals surface area contributed by atoms with E-state index >= 15 is 0 Å². The van der Waals surface area contributed by atoms with Crippen molar-refractivity contribution in [1.82, 2.24) is 19.9 Å². The summed E-state index contributed by atoms with van der Waals surface area (Å²) in [6.45, 7) is 4.25. The predicted molar refractivity (Wildman–Crippen MR) is 108 cm³/mol. The first-order valence-electron chi connectivity index (χ1n) is 8.88. The average molecular weight is 377 g/mol. The molecule has 0 radical (unpaired) electrons. The van der Waals surface area contributed by atoms with Crippen LogP contribution in [0.5, 0.6) is 5.75 Å². The van der Waals surface area contributed by atoms with Crippen LogP contribution in [0.2, 0.25) is 0 Å². The number of carbonyl (C=O) groups is 1. The molecule has 1 aromatic carbocycles. The van der Waals surface area contributed by atoms with E-state index in [1.54, 1.807) is 25.3 Å². The first-order valence-corrected chi connectivity index (χ1v) is 8.88. The molecular formula is C21H23N5O2. The summed E-state index contributed by atoms with van der Waals surface area (Å²) in [6, 6.07) is 9.61. The predicted octanol–water partition coefficient (Wildman–Crippen LogP) is 3.51. The lowest BCUT2D eigenvalue weighted by atomic mass is 10.1. The number of para-hydroxylation sites is 1. The number of carbonyl (C=O) groups excluding carboxylic acids is 1. The number of amides is 1. The molecule has 1 amide bonds. The lowest BCUT2D eigenvalue weighted by Crippen LogP contribution is -2.27. The summed E-state index contributed by atoms with van der Waals surface area (Å²) in [5, 5.41) is 3.09. The number of nitrogens with one attached hydrogen (secondary N) is 1. The topological polar surface area (TPSA) is 80.2 Å². The maximum Gasteiger partial charge on any atom is 0.257 e. The Morgan fingerprint density at radius 2 is 1.75 bits per heavy atom. The Labute approximate surface area is 164 Å². The van der Waals surface area contributed by atoms with Crippen molar-refractivity contribution in [3.63, 3.8) is 0 Å². The number of hydrogen-bond acceptors (Lipinski definition) is 6. The molecule has 0 saturated heterocycles. The van der Waals surface area contributed by atoms with Gasteiger partial charge in [-0.1, -0.05) is 18.2 Å². The molecular weight excluding hydrogens is 354 g/mol. The van der Waals surface area contributed by atoms with Crippen molar-refractivity contribution in [2.24, 2.45) is 0 Å². The SMILES string of the molecule is COc1c(C)cnc(CN(C)C(=O)c2cnc(Nc3ccccc3)nc2)c1C. The van der Waals surface area contributed by atoms with E-state index < -0.39 is 0 Å². The van der Waals surface area contributed by atoms with Crippen LogP contribution in [0.1, 0.15) is 27.2 Å². The zero-order chi connectivity index (χ0) is 20.1. The van der Waals surface area contributed by atoms with Crippen molar-refractivity contribution in [3.8, 4) is 5.75 Å². The number of ether oxygens (including phenoxy) is 1. The van der Waals surface area contributed by atoms with Gasteiger partial charge in [-0.2, -0.15) is 0 Å². The maximum atomic E-state index is 12.7. The van der Waals surface area contributed by atoms with E-state index in [-0.39, 0.29) is 5.91 Å². The van der Waals surface area contributed by atoms with Crippen LogP contribution >= 0.6 is 0 Å². The van der Waals surface area contributed by atoms with E-state index in [0.29, 0.717) is 18.1 Å². The Bertz CT molecular complexity index is 959. The Morgan fingerprint density at radius 3 is 2.39 bits per heavy atom. The van der Waals surface area contributed by atoms with Gasteiger partial charge in [-0.05, 0) is 26.0 Å². The first kappa shape index (κ1) is 19.3. The van der Waals surface area contributed by atoms with Gasteiger partial charge in [0.25, 0.3) is 5.91 Å². The first-order chi connectivity index (χ1) is 13.5. The summed E-state index contributed by atoms with van der Waals surface area (Å²) in [5.41, 5.74) is 3.99. The molecule has 7 nitrogen and oxygen atoms in total. The molecule has 2 heterocycles. The Kier molecular flexibility index (Phi) is 5.84. The fraction of sp³-hybridized carbons (Fsp3) is 0.238. The summed E-state index contributed by atoms with van der Waals surface area (Å²) >= 11 is 0. The molecule has 7 heteroatoms. The lowest BCUT2D eigenvalue weighted by Gasteiger charge is -2.19. The number of hydrogen-bond donors (Lipinski definition) is 1. The number of aromatic nitrogens is 3. The van der Waals surface area contributed by atoms with Crippen LogP contribution in [-0.2, 0) is 6.54 Å². The van der Waals surface area contributed by atoms with Gasteiger partial charge in [0.05, 0.1) is 24.9 Å². The highest BCUT2D eigenvalue weighted by Gasteiger charge is 2.17. The van der Waals surface area contributed by atoms with Gasteiger partial charge in [0.15, 0.2) is 0 Å². The molecule has 28 heavy (non-hydrogen) atoms. The minimum Gasteiger partial charge on any atom is -0.496 e. The van der Waals surface area contributed by atoms with Crippen LogP contribution in [0, 0.1) is 13.8 Å². The van der Waals surface area contributed by atoms with Gasteiger partial charge in [0.2, 0.25) is 5.95 Å². The zero-order valence-corrected chi connectivity index (χ0v) is 16.4. The second kappa shape index (κ2) is 8.47. The molecule has 0 bridgehead atoms. The molecule has 1 N–H and O–H groups in total. The van der Waals surface area contributed by atoms with E-state index in [4.69, 9.17) is 4.74 Å². The second-order valence-corrected chi connectivity index (χ2v) is 6.49. The van der Waals surface area contributed by atoms with Crippen LogP contribution in [0.4, 0.5) is 11.6 Å². The number of pyridine rings is 1. The van der Waals surface area contributed by atoms with Crippen molar-refractivity contribution in [3.05, 3.63) is 71.3 Å². The number of benzene rings is 1. The molecule has 0 unspecified atom stereocenters. The van der Waals surface area contributed by atoms with Crippen LogP contribution < -0.4 is 10.1 Å². The van der Waals surface area contributed by atoms with Crippen LogP contribution in [0.25, 0.3) is 0 Å². The van der Waals surface area contributed by atoms with Crippen molar-refractivity contribution < 1.29 is 9.53 Å². The third kappa shape index (κ3) is 4.25. The van der Waals surface area contributed by atoms with Gasteiger partial charge in [-0.15, -0.1) is 0 Å². The van der Waals surface area contributed by atoms with Gasteiger partial charge in [-0.3, -0.25) is 9.78 Å². The number of anilines is 2. The van der Waals surface area contributed by atoms with Gasteiger partial charge in [0.1, 0.15) is 5.75 Å². The molecule has 0 atom stereocenters. The number of aryl methyl sites for hydroxylation is 1. The molecule has 2 aromatic heterocycles. The van der Waals surface area contributed by atoms with Gasteiger partial charge in [0, 0.05) is 42.5 Å². The van der Waals surface area contributed by atoms with E-state index in [1.165, 1.54) is 12.4 Å². The average Bonchev–Trinajstić information content (AvgIpc) is 2.71. The highest BCUT2D eigenvalue weighted by atomic mass is 16.5. The lowest BCUT2D eigenvalue weighted by molar-refractivity contribution is 0.0782. The highest BCUT2D eigenvalue weighted by Crippen LogP contribution is 2.24. The summed E-state index contributed by atoms with van der Waals surface area (Å²) in [5.74, 6) is 1.06. The fourth-order valence-electron chi connectivity index (χ4n) is 2.90. The number of methoxy groups -OCH3 is 1. The standard InChI is InChI=1S/C21H23N5O2/c1-14-10-22-18(15(2)19(14)28-4)13-26(3)20(27)16-11-23-21(24-12-16)25-17-8-6-5-7-9-17/h5-12H,13H2,1-4H3,(H,23,24,25). The molecule has 0 spiro atoms. The van der Waals surface area contributed by atoms with Gasteiger partial charge >= 0.3 is 0 Å². The molecule has 3 rings (SSSR count). The Hall–Kier alpha value is -3.48. The van der Waals surface area contributed by atoms with Crippen molar-refractivity contribution in [2.45, 2.75) is 20.4 Å².